The highest BCUT2D eigenvalue weighted by molar-refractivity contribution is 7.80. The molecule has 0 saturated carbocycles. The highest BCUT2D eigenvalue weighted by Gasteiger charge is 2.11. The molecule has 110 valence electrons. The van der Waals surface area contributed by atoms with Crippen LogP contribution in [0.4, 0.5) is 5.69 Å². The van der Waals surface area contributed by atoms with Crippen LogP contribution in [0.25, 0.3) is 0 Å². The molecule has 0 aliphatic heterocycles. The van der Waals surface area contributed by atoms with Crippen LogP contribution in [-0.4, -0.2) is 49.7 Å². The Morgan fingerprint density at radius 3 is 2.90 bits per heavy atom. The molecule has 0 saturated heterocycles. The molecule has 1 aromatic rings. The maximum absolute atomic E-state index is 11.6. The van der Waals surface area contributed by atoms with Crippen molar-refractivity contribution in [3.63, 3.8) is 0 Å². The van der Waals surface area contributed by atoms with Crippen molar-refractivity contribution >= 4 is 28.8 Å². The number of hydrogen-bond acceptors (Lipinski definition) is 5. The molecule has 6 nitrogen and oxygen atoms in total. The normalized spacial score (nSPS) is 10.1. The van der Waals surface area contributed by atoms with E-state index in [4.69, 9.17) is 22.7 Å². The summed E-state index contributed by atoms with van der Waals surface area (Å²) in [5.41, 5.74) is 6.82. The van der Waals surface area contributed by atoms with Crippen LogP contribution in [0.1, 0.15) is 16.9 Å². The van der Waals surface area contributed by atoms with E-state index in [0.29, 0.717) is 36.8 Å². The van der Waals surface area contributed by atoms with Gasteiger partial charge < -0.3 is 20.7 Å². The Morgan fingerprint density at radius 1 is 1.55 bits per heavy atom. The molecule has 0 bridgehead atoms. The van der Waals surface area contributed by atoms with Crippen LogP contribution in [-0.2, 0) is 4.74 Å². The number of carbonyl (C=O) groups excluding carboxylic acids is 1. The zero-order chi connectivity index (χ0) is 15.0. The SMILES string of the molecule is CNC(=O)c1cc(N(CCOC)CCC(N)=S)ccn1. The zero-order valence-electron chi connectivity index (χ0n) is 11.8. The topological polar surface area (TPSA) is 80.5 Å². The van der Waals surface area contributed by atoms with Gasteiger partial charge in [0.15, 0.2) is 0 Å². The Hall–Kier alpha value is -1.73. The summed E-state index contributed by atoms with van der Waals surface area (Å²) in [6, 6.07) is 3.59. The van der Waals surface area contributed by atoms with Crippen LogP contribution in [0.2, 0.25) is 0 Å². The van der Waals surface area contributed by atoms with E-state index in [2.05, 4.69) is 15.2 Å². The molecule has 0 aromatic carbocycles. The summed E-state index contributed by atoms with van der Waals surface area (Å²) in [6.45, 7) is 1.95. The van der Waals surface area contributed by atoms with E-state index >= 15 is 0 Å². The van der Waals surface area contributed by atoms with E-state index < -0.39 is 0 Å². The van der Waals surface area contributed by atoms with Crippen molar-refractivity contribution < 1.29 is 9.53 Å². The standard InChI is InChI=1S/C13H20N4O2S/c1-15-13(18)11-9-10(3-5-16-11)17(7-8-19-2)6-4-12(14)20/h3,5,9H,4,6-8H2,1-2H3,(H2,14,20)(H,15,18). The Morgan fingerprint density at radius 2 is 2.30 bits per heavy atom. The fraction of sp³-hybridized carbons (Fsp3) is 0.462. The number of nitrogens with two attached hydrogens (primary N) is 1. The first-order chi connectivity index (χ1) is 9.58. The van der Waals surface area contributed by atoms with Crippen LogP contribution in [0.15, 0.2) is 18.3 Å². The van der Waals surface area contributed by atoms with Gasteiger partial charge in [-0.1, -0.05) is 12.2 Å². The van der Waals surface area contributed by atoms with Gasteiger partial charge in [0.1, 0.15) is 5.69 Å². The molecule has 1 heterocycles. The third-order valence-electron chi connectivity index (χ3n) is 2.76. The maximum atomic E-state index is 11.6. The van der Waals surface area contributed by atoms with Crippen LogP contribution < -0.4 is 16.0 Å². The number of nitrogens with one attached hydrogen (secondary N) is 1. The molecule has 20 heavy (non-hydrogen) atoms. The first-order valence-corrected chi connectivity index (χ1v) is 6.69. The van der Waals surface area contributed by atoms with Gasteiger partial charge in [0.2, 0.25) is 0 Å². The van der Waals surface area contributed by atoms with Crippen molar-refractivity contribution in [2.75, 3.05) is 38.8 Å². The highest BCUT2D eigenvalue weighted by atomic mass is 32.1. The molecule has 1 amide bonds. The molecule has 0 atom stereocenters. The van der Waals surface area contributed by atoms with Gasteiger partial charge in [-0.3, -0.25) is 9.78 Å². The number of amides is 1. The fourth-order valence-corrected chi connectivity index (χ4v) is 1.78. The molecule has 0 spiro atoms. The van der Waals surface area contributed by atoms with Gasteiger partial charge in [0.05, 0.1) is 11.6 Å². The van der Waals surface area contributed by atoms with E-state index in [0.717, 1.165) is 5.69 Å². The number of rotatable bonds is 8. The van der Waals surface area contributed by atoms with Crippen LogP contribution >= 0.6 is 12.2 Å². The van der Waals surface area contributed by atoms with Crippen molar-refractivity contribution in [3.8, 4) is 0 Å². The summed E-state index contributed by atoms with van der Waals surface area (Å²) in [5, 5.41) is 2.56. The molecule has 0 unspecified atom stereocenters. The first-order valence-electron chi connectivity index (χ1n) is 6.28. The van der Waals surface area contributed by atoms with E-state index in [1.165, 1.54) is 0 Å². The second-order valence-corrected chi connectivity index (χ2v) is 4.70. The number of carbonyl (C=O) groups is 1. The lowest BCUT2D eigenvalue weighted by Gasteiger charge is -2.24. The van der Waals surface area contributed by atoms with Gasteiger partial charge >= 0.3 is 0 Å². The number of aromatic nitrogens is 1. The summed E-state index contributed by atoms with van der Waals surface area (Å²) in [6.07, 6.45) is 2.22. The lowest BCUT2D eigenvalue weighted by Crippen LogP contribution is -2.31. The van der Waals surface area contributed by atoms with E-state index in [1.807, 2.05) is 6.07 Å². The van der Waals surface area contributed by atoms with Crippen LogP contribution in [0, 0.1) is 0 Å². The Balaban J connectivity index is 2.88. The van der Waals surface area contributed by atoms with Gasteiger partial charge in [0.25, 0.3) is 5.91 Å². The largest absolute Gasteiger partial charge is 0.393 e. The highest BCUT2D eigenvalue weighted by Crippen LogP contribution is 2.15. The summed E-state index contributed by atoms with van der Waals surface area (Å²) in [7, 11) is 3.22. The number of thiocarbonyl (C=S) groups is 1. The van der Waals surface area contributed by atoms with Crippen LogP contribution in [0.5, 0.6) is 0 Å². The number of hydrogen-bond donors (Lipinski definition) is 2. The molecular formula is C13H20N4O2S. The minimum atomic E-state index is -0.215. The summed E-state index contributed by atoms with van der Waals surface area (Å²) in [4.78, 5) is 18.2. The lowest BCUT2D eigenvalue weighted by molar-refractivity contribution is 0.0958. The average Bonchev–Trinajstić information content (AvgIpc) is 2.46. The second-order valence-electron chi connectivity index (χ2n) is 4.17. The minimum absolute atomic E-state index is 0.215. The molecule has 0 fully saturated rings. The lowest BCUT2D eigenvalue weighted by atomic mass is 10.2. The molecule has 1 rings (SSSR count). The molecule has 0 radical (unpaired) electrons. The van der Waals surface area contributed by atoms with Crippen molar-refractivity contribution in [1.82, 2.24) is 10.3 Å². The quantitative estimate of drug-likeness (QED) is 0.683. The van der Waals surface area contributed by atoms with E-state index in [-0.39, 0.29) is 5.91 Å². The second kappa shape index (κ2) is 8.44. The van der Waals surface area contributed by atoms with E-state index in [1.54, 1.807) is 26.4 Å². The smallest absolute Gasteiger partial charge is 0.269 e. The minimum Gasteiger partial charge on any atom is -0.393 e. The van der Waals surface area contributed by atoms with Gasteiger partial charge in [-0.25, -0.2) is 0 Å². The molecule has 1 aromatic heterocycles. The average molecular weight is 296 g/mol. The Kier molecular flexibility index (Phi) is 6.89. The van der Waals surface area contributed by atoms with E-state index in [9.17, 15) is 4.79 Å². The molecule has 0 aliphatic carbocycles. The van der Waals surface area contributed by atoms with Gasteiger partial charge in [-0.05, 0) is 12.1 Å². The fourth-order valence-electron chi connectivity index (χ4n) is 1.68. The van der Waals surface area contributed by atoms with Gasteiger partial charge in [-0.2, -0.15) is 0 Å². The molecular weight excluding hydrogens is 276 g/mol. The number of methoxy groups -OCH3 is 1. The number of pyridine rings is 1. The van der Waals surface area contributed by atoms with Gasteiger partial charge in [-0.15, -0.1) is 0 Å². The predicted octanol–water partition coefficient (Wildman–Crippen LogP) is 0.570. The van der Waals surface area contributed by atoms with Crippen molar-refractivity contribution in [2.45, 2.75) is 6.42 Å². The molecule has 7 heteroatoms. The number of anilines is 1. The van der Waals surface area contributed by atoms with Crippen molar-refractivity contribution in [3.05, 3.63) is 24.0 Å². The summed E-state index contributed by atoms with van der Waals surface area (Å²) >= 11 is 4.91. The van der Waals surface area contributed by atoms with Gasteiger partial charge in [0, 0.05) is 45.6 Å². The first kappa shape index (κ1) is 16.3. The third kappa shape index (κ3) is 5.10. The molecule has 0 aliphatic rings. The van der Waals surface area contributed by atoms with Crippen molar-refractivity contribution in [2.24, 2.45) is 5.73 Å². The monoisotopic (exact) mass is 296 g/mol. The maximum Gasteiger partial charge on any atom is 0.269 e. The predicted molar refractivity (Wildman–Crippen MR) is 83.1 cm³/mol. The zero-order valence-corrected chi connectivity index (χ0v) is 12.6. The molecule has 3 N–H and O–H groups in total. The summed E-state index contributed by atoms with van der Waals surface area (Å²) in [5.74, 6) is -0.215. The Labute approximate surface area is 124 Å². The number of ether oxygens (including phenoxy) is 1. The Bertz CT molecular complexity index is 467. The van der Waals surface area contributed by atoms with Crippen LogP contribution in [0.3, 0.4) is 0 Å². The number of nitrogens with zero attached hydrogens (tertiary/aromatic N) is 2. The third-order valence-corrected chi connectivity index (χ3v) is 2.97. The summed E-state index contributed by atoms with van der Waals surface area (Å²) < 4.78 is 5.10. The van der Waals surface area contributed by atoms with Crippen molar-refractivity contribution in [1.29, 1.82) is 0 Å².